The first-order valence-electron chi connectivity index (χ1n) is 6.26. The molecule has 0 bridgehead atoms. The number of rotatable bonds is 5. The van der Waals surface area contributed by atoms with Gasteiger partial charge >= 0.3 is 5.97 Å². The Morgan fingerprint density at radius 1 is 1.32 bits per heavy atom. The van der Waals surface area contributed by atoms with E-state index in [4.69, 9.17) is 21.1 Å². The summed E-state index contributed by atoms with van der Waals surface area (Å²) in [7, 11) is 0. The zero-order valence-corrected chi connectivity index (χ0v) is 11.7. The molecular formula is C14H16ClFO3. The van der Waals surface area contributed by atoms with Crippen LogP contribution in [0.15, 0.2) is 24.3 Å². The van der Waals surface area contributed by atoms with Gasteiger partial charge in [-0.3, -0.25) is 4.79 Å². The summed E-state index contributed by atoms with van der Waals surface area (Å²) in [6.45, 7) is 4.30. The Hall–Kier alpha value is -1.29. The quantitative estimate of drug-likeness (QED) is 0.616. The van der Waals surface area contributed by atoms with Gasteiger partial charge in [-0.05, 0) is 31.5 Å². The van der Waals surface area contributed by atoms with E-state index in [2.05, 4.69) is 0 Å². The average molecular weight is 287 g/mol. The van der Waals surface area contributed by atoms with Crippen molar-refractivity contribution >= 4 is 17.6 Å². The monoisotopic (exact) mass is 286 g/mol. The second kappa shape index (κ2) is 5.00. The number of carbonyl (C=O) groups is 1. The van der Waals surface area contributed by atoms with Crippen molar-refractivity contribution in [3.05, 3.63) is 29.8 Å². The third kappa shape index (κ3) is 2.29. The van der Waals surface area contributed by atoms with E-state index in [1.807, 2.05) is 6.92 Å². The van der Waals surface area contributed by atoms with Gasteiger partial charge < -0.3 is 9.47 Å². The second-order valence-electron chi connectivity index (χ2n) is 4.46. The first-order valence-corrected chi connectivity index (χ1v) is 6.64. The molecule has 0 aromatic heterocycles. The van der Waals surface area contributed by atoms with Crippen LogP contribution < -0.4 is 4.74 Å². The van der Waals surface area contributed by atoms with Crippen LogP contribution in [0.3, 0.4) is 0 Å². The van der Waals surface area contributed by atoms with Crippen LogP contribution >= 0.6 is 11.6 Å². The van der Waals surface area contributed by atoms with Crippen molar-refractivity contribution < 1.29 is 18.7 Å². The minimum Gasteiger partial charge on any atom is -0.494 e. The Morgan fingerprint density at radius 2 is 1.89 bits per heavy atom. The summed E-state index contributed by atoms with van der Waals surface area (Å²) in [5, 5.41) is -2.06. The Bertz CT molecular complexity index is 472. The molecule has 0 saturated heterocycles. The van der Waals surface area contributed by atoms with Crippen LogP contribution in [0, 0.1) is 0 Å². The van der Waals surface area contributed by atoms with Crippen LogP contribution in [0.5, 0.6) is 5.75 Å². The Labute approximate surface area is 116 Å². The lowest BCUT2D eigenvalue weighted by atomic mass is 9.95. The Kier molecular flexibility index (Phi) is 3.72. The first kappa shape index (κ1) is 14.1. The molecule has 0 heterocycles. The van der Waals surface area contributed by atoms with Crippen molar-refractivity contribution in [1.29, 1.82) is 0 Å². The molecule has 0 radical (unpaired) electrons. The number of hydrogen-bond donors (Lipinski definition) is 0. The van der Waals surface area contributed by atoms with Gasteiger partial charge in [0.15, 0.2) is 0 Å². The Morgan fingerprint density at radius 3 is 2.32 bits per heavy atom. The van der Waals surface area contributed by atoms with Crippen molar-refractivity contribution in [2.24, 2.45) is 0 Å². The van der Waals surface area contributed by atoms with Crippen molar-refractivity contribution in [1.82, 2.24) is 0 Å². The zero-order valence-electron chi connectivity index (χ0n) is 10.9. The number of hydrogen-bond acceptors (Lipinski definition) is 3. The third-order valence-corrected chi connectivity index (χ3v) is 3.72. The van der Waals surface area contributed by atoms with Crippen molar-refractivity contribution in [2.75, 3.05) is 13.2 Å². The molecule has 1 aromatic rings. The zero-order chi connectivity index (χ0) is 14.1. The molecule has 1 fully saturated rings. The average Bonchev–Trinajstić information content (AvgIpc) is 2.96. The fraction of sp³-hybridized carbons (Fsp3) is 0.500. The molecule has 0 spiro atoms. The highest BCUT2D eigenvalue weighted by Crippen LogP contribution is 2.63. The van der Waals surface area contributed by atoms with E-state index >= 15 is 0 Å². The van der Waals surface area contributed by atoms with Gasteiger partial charge in [-0.2, -0.15) is 0 Å². The standard InChI is InChI=1S/C14H16ClFO3/c1-3-18-11-7-5-10(6-8-11)13(9-14(13,15)16)12(17)19-4-2/h5-8H,3-4,9H2,1-2H3. The topological polar surface area (TPSA) is 35.5 Å². The maximum atomic E-state index is 14.1. The third-order valence-electron chi connectivity index (χ3n) is 3.27. The molecule has 5 heteroatoms. The molecule has 19 heavy (non-hydrogen) atoms. The lowest BCUT2D eigenvalue weighted by Crippen LogP contribution is -2.29. The van der Waals surface area contributed by atoms with E-state index in [0.717, 1.165) is 0 Å². The summed E-state index contributed by atoms with van der Waals surface area (Å²) in [6, 6.07) is 6.72. The lowest BCUT2D eigenvalue weighted by molar-refractivity contribution is -0.147. The smallest absolute Gasteiger partial charge is 0.321 e. The molecule has 104 valence electrons. The van der Waals surface area contributed by atoms with Crippen LogP contribution in [0.2, 0.25) is 0 Å². The van der Waals surface area contributed by atoms with E-state index < -0.39 is 16.5 Å². The molecule has 1 aliphatic carbocycles. The van der Waals surface area contributed by atoms with E-state index in [0.29, 0.717) is 17.9 Å². The van der Waals surface area contributed by atoms with Gasteiger partial charge in [0.25, 0.3) is 0 Å². The summed E-state index contributed by atoms with van der Waals surface area (Å²) in [5.74, 6) is 0.0570. The van der Waals surface area contributed by atoms with Crippen molar-refractivity contribution in [3.8, 4) is 5.75 Å². The first-order chi connectivity index (χ1) is 8.98. The number of alkyl halides is 2. The molecule has 2 atom stereocenters. The number of esters is 1. The minimum absolute atomic E-state index is 0.0611. The summed E-state index contributed by atoms with van der Waals surface area (Å²) >= 11 is 5.73. The molecule has 0 aliphatic heterocycles. The molecule has 0 N–H and O–H groups in total. The summed E-state index contributed by atoms with van der Waals surface area (Å²) in [6.07, 6.45) is -0.0611. The molecule has 2 unspecified atom stereocenters. The van der Waals surface area contributed by atoms with Crippen LogP contribution in [0.1, 0.15) is 25.8 Å². The highest BCUT2D eigenvalue weighted by Gasteiger charge is 2.75. The van der Waals surface area contributed by atoms with Gasteiger partial charge in [-0.1, -0.05) is 23.7 Å². The van der Waals surface area contributed by atoms with Gasteiger partial charge in [-0.25, -0.2) is 4.39 Å². The van der Waals surface area contributed by atoms with Gasteiger partial charge in [0, 0.05) is 6.42 Å². The normalized spacial score (nSPS) is 28.8. The fourth-order valence-corrected chi connectivity index (χ4v) is 2.58. The van der Waals surface area contributed by atoms with Crippen LogP contribution in [-0.4, -0.2) is 24.3 Å². The van der Waals surface area contributed by atoms with Crippen LogP contribution in [0.4, 0.5) is 4.39 Å². The van der Waals surface area contributed by atoms with Crippen LogP contribution in [0.25, 0.3) is 0 Å². The largest absolute Gasteiger partial charge is 0.494 e. The highest BCUT2D eigenvalue weighted by molar-refractivity contribution is 6.29. The van der Waals surface area contributed by atoms with Gasteiger partial charge in [0.2, 0.25) is 5.13 Å². The molecular weight excluding hydrogens is 271 g/mol. The molecule has 0 amide bonds. The number of benzene rings is 1. The predicted molar refractivity (Wildman–Crippen MR) is 70.2 cm³/mol. The van der Waals surface area contributed by atoms with Gasteiger partial charge in [-0.15, -0.1) is 0 Å². The lowest BCUT2D eigenvalue weighted by Gasteiger charge is -2.16. The van der Waals surface area contributed by atoms with Crippen LogP contribution in [-0.2, 0) is 14.9 Å². The maximum absolute atomic E-state index is 14.1. The summed E-state index contributed by atoms with van der Waals surface area (Å²) < 4.78 is 24.3. The maximum Gasteiger partial charge on any atom is 0.321 e. The molecule has 2 rings (SSSR count). The van der Waals surface area contributed by atoms with E-state index in [9.17, 15) is 9.18 Å². The van der Waals surface area contributed by atoms with Gasteiger partial charge in [0.05, 0.1) is 13.2 Å². The van der Waals surface area contributed by atoms with E-state index in [1.165, 1.54) is 0 Å². The van der Waals surface area contributed by atoms with E-state index in [-0.39, 0.29) is 13.0 Å². The summed E-state index contributed by atoms with van der Waals surface area (Å²) in [5.41, 5.74) is -0.859. The van der Waals surface area contributed by atoms with Gasteiger partial charge in [0.1, 0.15) is 11.2 Å². The number of halogens is 2. The highest BCUT2D eigenvalue weighted by atomic mass is 35.5. The Balaban J connectivity index is 2.29. The molecule has 1 aromatic carbocycles. The summed E-state index contributed by atoms with van der Waals surface area (Å²) in [4.78, 5) is 12.0. The number of carbonyl (C=O) groups excluding carboxylic acids is 1. The predicted octanol–water partition coefficient (Wildman–Crippen LogP) is 3.19. The molecule has 1 saturated carbocycles. The fourth-order valence-electron chi connectivity index (χ4n) is 2.20. The van der Waals surface area contributed by atoms with Crippen molar-refractivity contribution in [3.63, 3.8) is 0 Å². The molecule has 1 aliphatic rings. The number of ether oxygens (including phenoxy) is 2. The second-order valence-corrected chi connectivity index (χ2v) is 5.06. The SMILES string of the molecule is CCOC(=O)C1(c2ccc(OCC)cc2)CC1(F)Cl. The minimum atomic E-state index is -2.06. The van der Waals surface area contributed by atoms with Crippen molar-refractivity contribution in [2.45, 2.75) is 30.8 Å². The molecule has 3 nitrogen and oxygen atoms in total. The van der Waals surface area contributed by atoms with E-state index in [1.54, 1.807) is 31.2 Å².